The largest absolute Gasteiger partial charge is 0.394 e. The molecular formula is C21H22ClN3O3S. The van der Waals surface area contributed by atoms with Crippen LogP contribution in [0.4, 0.5) is 0 Å². The fourth-order valence-electron chi connectivity index (χ4n) is 3.54. The van der Waals surface area contributed by atoms with Gasteiger partial charge in [-0.25, -0.2) is 0 Å². The summed E-state index contributed by atoms with van der Waals surface area (Å²) >= 11 is 7.96. The lowest BCUT2D eigenvalue weighted by molar-refractivity contribution is -0.113. The van der Waals surface area contributed by atoms with Crippen LogP contribution >= 0.6 is 22.9 Å². The summed E-state index contributed by atoms with van der Waals surface area (Å²) in [5, 5.41) is 30.5. The normalized spacial score (nSPS) is 22.0. The summed E-state index contributed by atoms with van der Waals surface area (Å²) in [6.07, 6.45) is 2.18. The van der Waals surface area contributed by atoms with Gasteiger partial charge in [-0.3, -0.25) is 4.98 Å². The lowest BCUT2D eigenvalue weighted by atomic mass is 9.95. The minimum Gasteiger partial charge on any atom is -0.394 e. The molecule has 0 radical (unpaired) electrons. The van der Waals surface area contributed by atoms with Gasteiger partial charge in [0.15, 0.2) is 0 Å². The number of halogens is 1. The van der Waals surface area contributed by atoms with E-state index in [0.29, 0.717) is 24.3 Å². The molecule has 3 heterocycles. The molecule has 4 rings (SSSR count). The highest BCUT2D eigenvalue weighted by molar-refractivity contribution is 7.14. The van der Waals surface area contributed by atoms with Gasteiger partial charge >= 0.3 is 0 Å². The van der Waals surface area contributed by atoms with Crippen LogP contribution in [-0.4, -0.2) is 44.2 Å². The first kappa shape index (κ1) is 20.4. The Bertz CT molecular complexity index is 997. The summed E-state index contributed by atoms with van der Waals surface area (Å²) in [6, 6.07) is 9.67. The van der Waals surface area contributed by atoms with Gasteiger partial charge in [-0.05, 0) is 36.2 Å². The molecule has 1 aliphatic rings. The molecule has 1 aromatic carbocycles. The molecule has 3 unspecified atom stereocenters. The zero-order valence-electron chi connectivity index (χ0n) is 16.0. The van der Waals surface area contributed by atoms with Crippen molar-refractivity contribution in [1.82, 2.24) is 15.2 Å². The van der Waals surface area contributed by atoms with Crippen LogP contribution in [0, 0.1) is 6.92 Å². The average Bonchev–Trinajstić information content (AvgIpc) is 3.18. The number of aliphatic hydroxyl groups excluding tert-OH is 2. The minimum absolute atomic E-state index is 0.101. The van der Waals surface area contributed by atoms with Crippen molar-refractivity contribution in [2.24, 2.45) is 0 Å². The average molecular weight is 432 g/mol. The minimum atomic E-state index is -0.487. The first-order valence-corrected chi connectivity index (χ1v) is 10.7. The monoisotopic (exact) mass is 431 g/mol. The van der Waals surface area contributed by atoms with Gasteiger partial charge in [0.2, 0.25) is 0 Å². The summed E-state index contributed by atoms with van der Waals surface area (Å²) in [5.74, 6) is 0. The molecule has 0 spiro atoms. The smallest absolute Gasteiger partial charge is 0.147 e. The molecule has 29 heavy (non-hydrogen) atoms. The number of hydrogen-bond donors (Lipinski definition) is 2. The third-order valence-corrected chi connectivity index (χ3v) is 6.32. The molecule has 0 saturated carbocycles. The summed E-state index contributed by atoms with van der Waals surface area (Å²) in [6.45, 7) is 1.85. The van der Waals surface area contributed by atoms with Crippen molar-refractivity contribution in [1.29, 1.82) is 0 Å². The van der Waals surface area contributed by atoms with Crippen molar-refractivity contribution >= 4 is 22.9 Å². The third-order valence-electron chi connectivity index (χ3n) is 4.98. The van der Waals surface area contributed by atoms with E-state index in [1.165, 1.54) is 11.3 Å². The van der Waals surface area contributed by atoms with Crippen molar-refractivity contribution in [2.45, 2.75) is 44.5 Å². The maximum atomic E-state index is 10.1. The molecule has 0 aliphatic carbocycles. The van der Waals surface area contributed by atoms with Crippen LogP contribution in [-0.2, 0) is 11.2 Å². The van der Waals surface area contributed by atoms with E-state index in [0.717, 1.165) is 32.4 Å². The van der Waals surface area contributed by atoms with Gasteiger partial charge in [0.1, 0.15) is 10.0 Å². The first-order valence-electron chi connectivity index (χ1n) is 9.50. The Balaban J connectivity index is 1.54. The van der Waals surface area contributed by atoms with Crippen LogP contribution in [0.25, 0.3) is 10.6 Å². The Morgan fingerprint density at radius 2 is 2.07 bits per heavy atom. The number of nitrogens with zero attached hydrogens (tertiary/aromatic N) is 3. The van der Waals surface area contributed by atoms with E-state index in [4.69, 9.17) is 16.3 Å². The Morgan fingerprint density at radius 3 is 2.86 bits per heavy atom. The van der Waals surface area contributed by atoms with Crippen molar-refractivity contribution in [2.75, 3.05) is 6.61 Å². The molecule has 2 N–H and O–H groups in total. The van der Waals surface area contributed by atoms with E-state index < -0.39 is 6.10 Å². The molecule has 1 aliphatic heterocycles. The molecule has 0 amide bonds. The zero-order chi connectivity index (χ0) is 20.4. The zero-order valence-corrected chi connectivity index (χ0v) is 17.5. The predicted molar refractivity (Wildman–Crippen MR) is 112 cm³/mol. The van der Waals surface area contributed by atoms with Crippen LogP contribution < -0.4 is 0 Å². The standard InChI is InChI=1S/C21H22ClN3O3S/c1-12-6-14(4-5-23-12)21-25-24-20(29-21)8-15-7-13(2-3-18(15)22)19-10-16(27)9-17(11-26)28-19/h2-7,16-17,19,26-27H,8-11H2,1H3. The molecule has 1 saturated heterocycles. The highest BCUT2D eigenvalue weighted by Crippen LogP contribution is 2.34. The quantitative estimate of drug-likeness (QED) is 0.640. The molecule has 2 aromatic heterocycles. The van der Waals surface area contributed by atoms with Crippen LogP contribution in [0.5, 0.6) is 0 Å². The number of pyridine rings is 1. The SMILES string of the molecule is Cc1cc(-c2nnc(Cc3cc(C4CC(O)CC(CO)O4)ccc3Cl)s2)ccn1. The van der Waals surface area contributed by atoms with Crippen molar-refractivity contribution in [3.05, 3.63) is 63.4 Å². The Kier molecular flexibility index (Phi) is 6.22. The second kappa shape index (κ2) is 8.85. The Morgan fingerprint density at radius 1 is 1.21 bits per heavy atom. The van der Waals surface area contributed by atoms with Gasteiger partial charge < -0.3 is 14.9 Å². The second-order valence-electron chi connectivity index (χ2n) is 7.27. The van der Waals surface area contributed by atoms with Crippen LogP contribution in [0.2, 0.25) is 5.02 Å². The van der Waals surface area contributed by atoms with Crippen LogP contribution in [0.3, 0.4) is 0 Å². The molecule has 152 valence electrons. The van der Waals surface area contributed by atoms with Gasteiger partial charge in [0, 0.05) is 41.7 Å². The fourth-order valence-corrected chi connectivity index (χ4v) is 4.58. The number of ether oxygens (including phenoxy) is 1. The molecule has 6 nitrogen and oxygen atoms in total. The number of aliphatic hydroxyl groups is 2. The number of aromatic nitrogens is 3. The van der Waals surface area contributed by atoms with E-state index in [1.807, 2.05) is 37.3 Å². The van der Waals surface area contributed by atoms with Crippen molar-refractivity contribution < 1.29 is 14.9 Å². The molecule has 8 heteroatoms. The van der Waals surface area contributed by atoms with Gasteiger partial charge in [-0.15, -0.1) is 10.2 Å². The number of hydrogen-bond acceptors (Lipinski definition) is 7. The van der Waals surface area contributed by atoms with E-state index in [2.05, 4.69) is 15.2 Å². The fraction of sp³-hybridized carbons (Fsp3) is 0.381. The Labute approximate surface area is 178 Å². The summed E-state index contributed by atoms with van der Waals surface area (Å²) in [7, 11) is 0. The summed E-state index contributed by atoms with van der Waals surface area (Å²) < 4.78 is 5.93. The topological polar surface area (TPSA) is 88.4 Å². The number of benzene rings is 1. The molecule has 3 aromatic rings. The van der Waals surface area contributed by atoms with Crippen molar-refractivity contribution in [3.63, 3.8) is 0 Å². The van der Waals surface area contributed by atoms with E-state index in [1.54, 1.807) is 6.20 Å². The summed E-state index contributed by atoms with van der Waals surface area (Å²) in [4.78, 5) is 4.22. The van der Waals surface area contributed by atoms with Gasteiger partial charge in [0.05, 0.1) is 24.9 Å². The van der Waals surface area contributed by atoms with Crippen molar-refractivity contribution in [3.8, 4) is 10.6 Å². The van der Waals surface area contributed by atoms with E-state index in [-0.39, 0.29) is 18.8 Å². The maximum absolute atomic E-state index is 10.1. The second-order valence-corrected chi connectivity index (χ2v) is 8.74. The predicted octanol–water partition coefficient (Wildman–Crippen LogP) is 3.73. The van der Waals surface area contributed by atoms with Crippen LogP contribution in [0.15, 0.2) is 36.5 Å². The lowest BCUT2D eigenvalue weighted by Gasteiger charge is -2.32. The summed E-state index contributed by atoms with van der Waals surface area (Å²) in [5.41, 5.74) is 3.81. The van der Waals surface area contributed by atoms with Gasteiger partial charge in [-0.1, -0.05) is 35.1 Å². The van der Waals surface area contributed by atoms with E-state index in [9.17, 15) is 10.2 Å². The Hall–Kier alpha value is -1.90. The molecule has 1 fully saturated rings. The lowest BCUT2D eigenvalue weighted by Crippen LogP contribution is -2.33. The van der Waals surface area contributed by atoms with Crippen LogP contribution in [0.1, 0.15) is 40.8 Å². The van der Waals surface area contributed by atoms with Gasteiger partial charge in [0.25, 0.3) is 0 Å². The molecule has 3 atom stereocenters. The molecular weight excluding hydrogens is 410 g/mol. The number of aryl methyl sites for hydroxylation is 1. The van der Waals surface area contributed by atoms with E-state index >= 15 is 0 Å². The first-order chi connectivity index (χ1) is 14.0. The third kappa shape index (κ3) is 4.82. The highest BCUT2D eigenvalue weighted by atomic mass is 35.5. The number of rotatable bonds is 5. The highest BCUT2D eigenvalue weighted by Gasteiger charge is 2.29. The molecule has 0 bridgehead atoms. The van der Waals surface area contributed by atoms with Gasteiger partial charge in [-0.2, -0.15) is 0 Å². The maximum Gasteiger partial charge on any atom is 0.147 e.